The highest BCUT2D eigenvalue weighted by Crippen LogP contribution is 2.31. The summed E-state index contributed by atoms with van der Waals surface area (Å²) in [6.45, 7) is 12.0. The minimum atomic E-state index is 0.854. The van der Waals surface area contributed by atoms with Crippen LogP contribution in [0.15, 0.2) is 0 Å². The smallest absolute Gasteiger partial charge is 0.0653 e. The molecular formula is C15H31B. The van der Waals surface area contributed by atoms with Gasteiger partial charge >= 0.3 is 0 Å². The van der Waals surface area contributed by atoms with Crippen molar-refractivity contribution in [1.82, 2.24) is 0 Å². The van der Waals surface area contributed by atoms with Crippen molar-refractivity contribution in [3.8, 4) is 0 Å². The van der Waals surface area contributed by atoms with Gasteiger partial charge in [0.2, 0.25) is 0 Å². The van der Waals surface area contributed by atoms with Crippen LogP contribution in [0.3, 0.4) is 0 Å². The van der Waals surface area contributed by atoms with E-state index in [1.54, 1.807) is 0 Å². The van der Waals surface area contributed by atoms with Crippen LogP contribution in [0.5, 0.6) is 0 Å². The third-order valence-electron chi connectivity index (χ3n) is 4.63. The van der Waals surface area contributed by atoms with Crippen molar-refractivity contribution in [3.63, 3.8) is 0 Å². The molecule has 0 aliphatic rings. The topological polar surface area (TPSA) is 0 Å². The summed E-state index contributed by atoms with van der Waals surface area (Å²) in [6, 6.07) is 0. The first kappa shape index (κ1) is 16.1. The van der Waals surface area contributed by atoms with Crippen molar-refractivity contribution in [2.24, 2.45) is 23.7 Å². The Hall–Kier alpha value is 0.0649. The fourth-order valence-electron chi connectivity index (χ4n) is 2.46. The van der Waals surface area contributed by atoms with Gasteiger partial charge in [-0.25, -0.2) is 0 Å². The monoisotopic (exact) mass is 222 g/mol. The zero-order valence-electron chi connectivity index (χ0n) is 12.1. The second kappa shape index (κ2) is 9.13. The quantitative estimate of drug-likeness (QED) is 0.376. The van der Waals surface area contributed by atoms with Crippen LogP contribution in [0.25, 0.3) is 0 Å². The summed E-state index contributed by atoms with van der Waals surface area (Å²) in [5, 5.41) is 0. The molecule has 2 radical (unpaired) electrons. The van der Waals surface area contributed by atoms with E-state index < -0.39 is 0 Å². The lowest BCUT2D eigenvalue weighted by Crippen LogP contribution is -2.22. The molecule has 0 heterocycles. The molecule has 0 saturated heterocycles. The van der Waals surface area contributed by atoms with E-state index in [1.165, 1.54) is 32.1 Å². The molecule has 0 aliphatic carbocycles. The highest BCUT2D eigenvalue weighted by molar-refractivity contribution is 6.08. The third kappa shape index (κ3) is 5.96. The lowest BCUT2D eigenvalue weighted by Gasteiger charge is -2.30. The van der Waals surface area contributed by atoms with Gasteiger partial charge in [-0.3, -0.25) is 0 Å². The molecule has 0 amide bonds. The molecular weight excluding hydrogens is 191 g/mol. The Labute approximate surface area is 105 Å². The van der Waals surface area contributed by atoms with Gasteiger partial charge in [-0.05, 0) is 23.7 Å². The van der Waals surface area contributed by atoms with E-state index >= 15 is 0 Å². The van der Waals surface area contributed by atoms with Crippen LogP contribution >= 0.6 is 0 Å². The zero-order chi connectivity index (χ0) is 12.6. The van der Waals surface area contributed by atoms with E-state index in [0.717, 1.165) is 30.0 Å². The average Bonchev–Trinajstić information content (AvgIpc) is 2.31. The predicted octanol–water partition coefficient (Wildman–Crippen LogP) is 5.09. The average molecular weight is 222 g/mol. The van der Waals surface area contributed by atoms with Crippen LogP contribution in [-0.4, -0.2) is 7.85 Å². The van der Waals surface area contributed by atoms with Crippen molar-refractivity contribution in [3.05, 3.63) is 0 Å². The van der Waals surface area contributed by atoms with Crippen molar-refractivity contribution >= 4 is 7.85 Å². The molecule has 0 aliphatic heterocycles. The maximum atomic E-state index is 5.51. The van der Waals surface area contributed by atoms with Crippen LogP contribution in [-0.2, 0) is 0 Å². The van der Waals surface area contributed by atoms with Gasteiger partial charge in [-0.2, -0.15) is 0 Å². The number of hydrogen-bond acceptors (Lipinski definition) is 0. The fraction of sp³-hybridized carbons (Fsp3) is 1.00. The lowest BCUT2D eigenvalue weighted by molar-refractivity contribution is 0.198. The van der Waals surface area contributed by atoms with E-state index in [2.05, 4.69) is 34.6 Å². The second-order valence-electron chi connectivity index (χ2n) is 5.72. The first-order valence-corrected chi connectivity index (χ1v) is 7.24. The molecule has 0 saturated carbocycles. The van der Waals surface area contributed by atoms with Gasteiger partial charge in [0, 0.05) is 0 Å². The standard InChI is InChI=1S/C15H31B/c1-6-12(2)14(4)15(5)13(3)10-8-7-9-11-16/h12-15H,6-11H2,1-5H3. The van der Waals surface area contributed by atoms with E-state index in [1.807, 2.05) is 0 Å². The summed E-state index contributed by atoms with van der Waals surface area (Å²) in [5.74, 6) is 3.44. The first-order valence-electron chi connectivity index (χ1n) is 7.24. The SMILES string of the molecule is [B]CCCCCC(C)C(C)C(C)C(C)CC. The molecule has 4 unspecified atom stereocenters. The molecule has 0 aromatic carbocycles. The highest BCUT2D eigenvalue weighted by Gasteiger charge is 2.22. The number of hydrogen-bond donors (Lipinski definition) is 0. The Morgan fingerprint density at radius 2 is 1.38 bits per heavy atom. The highest BCUT2D eigenvalue weighted by atomic mass is 14.3. The first-order chi connectivity index (χ1) is 7.54. The Bertz CT molecular complexity index is 156. The van der Waals surface area contributed by atoms with Gasteiger partial charge in [0.25, 0.3) is 0 Å². The molecule has 0 spiro atoms. The van der Waals surface area contributed by atoms with Crippen LogP contribution in [0.2, 0.25) is 6.32 Å². The maximum absolute atomic E-state index is 5.51. The predicted molar refractivity (Wildman–Crippen MR) is 76.0 cm³/mol. The van der Waals surface area contributed by atoms with Crippen LogP contribution < -0.4 is 0 Å². The van der Waals surface area contributed by atoms with Crippen LogP contribution in [0, 0.1) is 23.7 Å². The molecule has 1 heteroatoms. The summed E-state index contributed by atoms with van der Waals surface area (Å²) in [7, 11) is 5.51. The molecule has 0 bridgehead atoms. The minimum Gasteiger partial charge on any atom is -0.0887 e. The maximum Gasteiger partial charge on any atom is 0.0653 e. The third-order valence-corrected chi connectivity index (χ3v) is 4.63. The summed E-state index contributed by atoms with van der Waals surface area (Å²) < 4.78 is 0. The summed E-state index contributed by atoms with van der Waals surface area (Å²) in [4.78, 5) is 0. The van der Waals surface area contributed by atoms with Crippen molar-refractivity contribution in [2.45, 2.75) is 73.0 Å². The second-order valence-corrected chi connectivity index (χ2v) is 5.72. The van der Waals surface area contributed by atoms with E-state index in [-0.39, 0.29) is 0 Å². The molecule has 0 aromatic rings. The van der Waals surface area contributed by atoms with Gasteiger partial charge < -0.3 is 0 Å². The summed E-state index contributed by atoms with van der Waals surface area (Å²) >= 11 is 0. The normalized spacial score (nSPS) is 19.1. The van der Waals surface area contributed by atoms with Crippen molar-refractivity contribution in [2.75, 3.05) is 0 Å². The minimum absolute atomic E-state index is 0.854. The van der Waals surface area contributed by atoms with Crippen LogP contribution in [0.1, 0.15) is 66.7 Å². The molecule has 0 fully saturated rings. The van der Waals surface area contributed by atoms with Gasteiger partial charge in [0.15, 0.2) is 0 Å². The molecule has 16 heavy (non-hydrogen) atoms. The Morgan fingerprint density at radius 1 is 0.812 bits per heavy atom. The van der Waals surface area contributed by atoms with E-state index in [4.69, 9.17) is 7.85 Å². The fourth-order valence-corrected chi connectivity index (χ4v) is 2.46. The van der Waals surface area contributed by atoms with Crippen LogP contribution in [0.4, 0.5) is 0 Å². The molecule has 0 N–H and O–H groups in total. The van der Waals surface area contributed by atoms with Gasteiger partial charge in [-0.1, -0.05) is 73.0 Å². The summed E-state index contributed by atoms with van der Waals surface area (Å²) in [5.41, 5.74) is 0. The van der Waals surface area contributed by atoms with Crippen molar-refractivity contribution < 1.29 is 0 Å². The Kier molecular flexibility index (Phi) is 9.17. The number of rotatable bonds is 9. The Balaban J connectivity index is 3.83. The molecule has 4 atom stereocenters. The molecule has 94 valence electrons. The van der Waals surface area contributed by atoms with Gasteiger partial charge in [0.1, 0.15) is 0 Å². The Morgan fingerprint density at radius 3 is 1.88 bits per heavy atom. The molecule has 0 aromatic heterocycles. The van der Waals surface area contributed by atoms with Crippen molar-refractivity contribution in [1.29, 1.82) is 0 Å². The van der Waals surface area contributed by atoms with E-state index in [0.29, 0.717) is 0 Å². The molecule has 0 nitrogen and oxygen atoms in total. The van der Waals surface area contributed by atoms with E-state index in [9.17, 15) is 0 Å². The van der Waals surface area contributed by atoms with Gasteiger partial charge in [-0.15, -0.1) is 0 Å². The number of unbranched alkanes of at least 4 members (excludes halogenated alkanes) is 2. The summed E-state index contributed by atoms with van der Waals surface area (Å²) in [6.07, 6.45) is 7.41. The lowest BCUT2D eigenvalue weighted by atomic mass is 9.76. The van der Waals surface area contributed by atoms with Gasteiger partial charge in [0.05, 0.1) is 7.85 Å². The zero-order valence-corrected chi connectivity index (χ0v) is 12.1. The largest absolute Gasteiger partial charge is 0.0887 e. The molecule has 0 rings (SSSR count).